The van der Waals surface area contributed by atoms with E-state index in [1.54, 1.807) is 7.11 Å². The Morgan fingerprint density at radius 1 is 1.50 bits per heavy atom. The Bertz CT molecular complexity index is 303. The third-order valence-corrected chi connectivity index (χ3v) is 3.58. The molecule has 1 heterocycles. The highest BCUT2D eigenvalue weighted by atomic mass is 32.2. The predicted molar refractivity (Wildman–Crippen MR) is 59.8 cm³/mol. The van der Waals surface area contributed by atoms with Crippen molar-refractivity contribution in [3.05, 3.63) is 29.8 Å². The maximum absolute atomic E-state index is 5.02. The molecule has 2 rings (SSSR count). The molecule has 1 atom stereocenters. The second-order valence-corrected chi connectivity index (χ2v) is 4.41. The van der Waals surface area contributed by atoms with E-state index in [1.165, 1.54) is 10.5 Å². The highest BCUT2D eigenvalue weighted by molar-refractivity contribution is 7.99. The van der Waals surface area contributed by atoms with E-state index in [0.29, 0.717) is 6.04 Å². The molecular weight excluding hydrogens is 194 g/mol. The van der Waals surface area contributed by atoms with E-state index in [0.717, 1.165) is 18.9 Å². The molecule has 0 saturated heterocycles. The van der Waals surface area contributed by atoms with Crippen LogP contribution in [0.4, 0.5) is 0 Å². The van der Waals surface area contributed by atoms with E-state index in [2.05, 4.69) is 29.6 Å². The minimum absolute atomic E-state index is 0.506. The van der Waals surface area contributed by atoms with Crippen LogP contribution in [0, 0.1) is 0 Å². The maximum atomic E-state index is 5.02. The van der Waals surface area contributed by atoms with Crippen molar-refractivity contribution in [2.24, 2.45) is 0 Å². The molecule has 0 saturated carbocycles. The van der Waals surface area contributed by atoms with Gasteiger partial charge in [-0.15, -0.1) is 11.8 Å². The van der Waals surface area contributed by atoms with Crippen LogP contribution in [0.25, 0.3) is 0 Å². The zero-order valence-electron chi connectivity index (χ0n) is 8.32. The van der Waals surface area contributed by atoms with Gasteiger partial charge in [0.05, 0.1) is 6.61 Å². The number of hydrogen-bond donors (Lipinski definition) is 1. The number of rotatable bonds is 4. The van der Waals surface area contributed by atoms with Gasteiger partial charge in [-0.1, -0.05) is 18.2 Å². The molecule has 0 aliphatic carbocycles. The minimum atomic E-state index is 0.506. The molecule has 14 heavy (non-hydrogen) atoms. The Kier molecular flexibility index (Phi) is 3.45. The van der Waals surface area contributed by atoms with Gasteiger partial charge in [0.2, 0.25) is 0 Å². The third kappa shape index (κ3) is 2.11. The molecule has 76 valence electrons. The zero-order chi connectivity index (χ0) is 9.80. The predicted octanol–water partition coefficient (Wildman–Crippen LogP) is 2.07. The van der Waals surface area contributed by atoms with Crippen molar-refractivity contribution < 1.29 is 4.74 Å². The normalized spacial score (nSPS) is 19.6. The third-order valence-electron chi connectivity index (χ3n) is 2.40. The van der Waals surface area contributed by atoms with Gasteiger partial charge in [-0.25, -0.2) is 0 Å². The number of benzene rings is 1. The van der Waals surface area contributed by atoms with Gasteiger partial charge < -0.3 is 10.1 Å². The van der Waals surface area contributed by atoms with Crippen molar-refractivity contribution in [2.75, 3.05) is 26.0 Å². The lowest BCUT2D eigenvalue weighted by atomic mass is 10.1. The number of nitrogens with one attached hydrogen (secondary N) is 1. The Morgan fingerprint density at radius 3 is 3.21 bits per heavy atom. The van der Waals surface area contributed by atoms with Crippen molar-refractivity contribution in [2.45, 2.75) is 10.9 Å². The highest BCUT2D eigenvalue weighted by Crippen LogP contribution is 2.37. The van der Waals surface area contributed by atoms with Crippen molar-refractivity contribution in [1.29, 1.82) is 0 Å². The van der Waals surface area contributed by atoms with Gasteiger partial charge in [0, 0.05) is 30.3 Å². The first kappa shape index (κ1) is 10.0. The van der Waals surface area contributed by atoms with Crippen molar-refractivity contribution in [1.82, 2.24) is 5.32 Å². The van der Waals surface area contributed by atoms with Crippen LogP contribution < -0.4 is 5.32 Å². The summed E-state index contributed by atoms with van der Waals surface area (Å²) in [6.07, 6.45) is 0. The maximum Gasteiger partial charge on any atom is 0.0587 e. The Balaban J connectivity index is 1.96. The molecule has 2 nitrogen and oxygen atoms in total. The first-order valence-electron chi connectivity index (χ1n) is 4.86. The number of fused-ring (bicyclic) bond motifs is 1. The average molecular weight is 209 g/mol. The molecule has 0 radical (unpaired) electrons. The lowest BCUT2D eigenvalue weighted by Crippen LogP contribution is -2.24. The summed E-state index contributed by atoms with van der Waals surface area (Å²) in [6, 6.07) is 9.11. The molecule has 0 amide bonds. The number of ether oxygens (including phenoxy) is 1. The molecular formula is C11H15NOS. The van der Waals surface area contributed by atoms with Gasteiger partial charge in [-0.2, -0.15) is 0 Å². The molecule has 0 spiro atoms. The SMILES string of the molecule is COCCNC1CSc2ccccc21. The van der Waals surface area contributed by atoms with Crippen LogP contribution in [0.3, 0.4) is 0 Å². The summed E-state index contributed by atoms with van der Waals surface area (Å²) in [5, 5.41) is 3.49. The molecule has 1 aromatic carbocycles. The summed E-state index contributed by atoms with van der Waals surface area (Å²) in [4.78, 5) is 1.42. The molecule has 0 aromatic heterocycles. The van der Waals surface area contributed by atoms with E-state index in [4.69, 9.17) is 4.74 Å². The van der Waals surface area contributed by atoms with E-state index in [1.807, 2.05) is 11.8 Å². The van der Waals surface area contributed by atoms with E-state index >= 15 is 0 Å². The van der Waals surface area contributed by atoms with Crippen LogP contribution in [0.15, 0.2) is 29.2 Å². The fourth-order valence-corrected chi connectivity index (χ4v) is 2.86. The van der Waals surface area contributed by atoms with E-state index < -0.39 is 0 Å². The van der Waals surface area contributed by atoms with Gasteiger partial charge in [-0.05, 0) is 11.6 Å². The van der Waals surface area contributed by atoms with Crippen LogP contribution in [0.5, 0.6) is 0 Å². The number of methoxy groups -OCH3 is 1. The lowest BCUT2D eigenvalue weighted by Gasteiger charge is -2.12. The Labute approximate surface area is 89.0 Å². The monoisotopic (exact) mass is 209 g/mol. The standard InChI is InChI=1S/C11H15NOS/c1-13-7-6-12-10-8-14-11-5-3-2-4-9(10)11/h2-5,10,12H,6-8H2,1H3. The average Bonchev–Trinajstić information content (AvgIpc) is 2.63. The van der Waals surface area contributed by atoms with Gasteiger partial charge in [0.25, 0.3) is 0 Å². The minimum Gasteiger partial charge on any atom is -0.383 e. The van der Waals surface area contributed by atoms with E-state index in [9.17, 15) is 0 Å². The van der Waals surface area contributed by atoms with E-state index in [-0.39, 0.29) is 0 Å². The topological polar surface area (TPSA) is 21.3 Å². The van der Waals surface area contributed by atoms with Crippen LogP contribution in [0.1, 0.15) is 11.6 Å². The van der Waals surface area contributed by atoms with Crippen LogP contribution in [0.2, 0.25) is 0 Å². The Morgan fingerprint density at radius 2 is 2.36 bits per heavy atom. The van der Waals surface area contributed by atoms with Crippen molar-refractivity contribution in [3.63, 3.8) is 0 Å². The van der Waals surface area contributed by atoms with Crippen LogP contribution in [-0.4, -0.2) is 26.0 Å². The summed E-state index contributed by atoms with van der Waals surface area (Å²) >= 11 is 1.93. The molecule has 1 unspecified atom stereocenters. The second-order valence-electron chi connectivity index (χ2n) is 3.35. The van der Waals surface area contributed by atoms with Crippen LogP contribution >= 0.6 is 11.8 Å². The van der Waals surface area contributed by atoms with Crippen molar-refractivity contribution in [3.8, 4) is 0 Å². The summed E-state index contributed by atoms with van der Waals surface area (Å²) in [5.41, 5.74) is 1.44. The van der Waals surface area contributed by atoms with Crippen LogP contribution in [-0.2, 0) is 4.74 Å². The fraction of sp³-hybridized carbons (Fsp3) is 0.455. The smallest absolute Gasteiger partial charge is 0.0587 e. The fourth-order valence-electron chi connectivity index (χ4n) is 1.67. The molecule has 1 aliphatic rings. The molecule has 3 heteroatoms. The summed E-state index contributed by atoms with van der Waals surface area (Å²) in [5.74, 6) is 1.14. The number of hydrogen-bond acceptors (Lipinski definition) is 3. The quantitative estimate of drug-likeness (QED) is 0.767. The molecule has 1 N–H and O–H groups in total. The molecule has 0 fully saturated rings. The first-order chi connectivity index (χ1) is 6.92. The summed E-state index contributed by atoms with van der Waals surface area (Å²) < 4.78 is 5.02. The van der Waals surface area contributed by atoms with Gasteiger partial charge >= 0.3 is 0 Å². The van der Waals surface area contributed by atoms with Gasteiger partial charge in [0.15, 0.2) is 0 Å². The van der Waals surface area contributed by atoms with Crippen molar-refractivity contribution >= 4 is 11.8 Å². The molecule has 0 bridgehead atoms. The first-order valence-corrected chi connectivity index (χ1v) is 5.84. The second kappa shape index (κ2) is 4.82. The van der Waals surface area contributed by atoms with Gasteiger partial charge in [-0.3, -0.25) is 0 Å². The highest BCUT2D eigenvalue weighted by Gasteiger charge is 2.21. The molecule has 1 aromatic rings. The molecule has 1 aliphatic heterocycles. The Hall–Kier alpha value is -0.510. The summed E-state index contributed by atoms with van der Waals surface area (Å²) in [6.45, 7) is 1.71. The zero-order valence-corrected chi connectivity index (χ0v) is 9.14. The number of thioether (sulfide) groups is 1. The van der Waals surface area contributed by atoms with Gasteiger partial charge in [0.1, 0.15) is 0 Å². The largest absolute Gasteiger partial charge is 0.383 e. The lowest BCUT2D eigenvalue weighted by molar-refractivity contribution is 0.196. The summed E-state index contributed by atoms with van der Waals surface area (Å²) in [7, 11) is 1.74.